The van der Waals surface area contributed by atoms with E-state index in [1.54, 1.807) is 47.4 Å². The lowest BCUT2D eigenvalue weighted by Crippen LogP contribution is -2.12. The van der Waals surface area contributed by atoms with E-state index < -0.39 is 5.91 Å². The first-order chi connectivity index (χ1) is 17.8. The molecule has 0 saturated heterocycles. The molecule has 0 bridgehead atoms. The molecule has 3 aromatic heterocycles. The number of nitrogens with zero attached hydrogens (tertiary/aromatic N) is 6. The standard InChI is InChI=1S/C27H22N8O2/c1-15-10-19(18-6-9-21(24(29)36)30-13-18)11-16(2)23(15)37-26-22-25(35(3)14-31-22)33-27(34-26)32-20-7-4-17(12-28)5-8-20/h4-11,13-14H,1-3H3,(H2,29,36)(H,32,33,34). The number of benzene rings is 2. The number of nitrogens with two attached hydrogens (primary N) is 1. The number of pyridine rings is 1. The third-order valence-electron chi connectivity index (χ3n) is 5.81. The summed E-state index contributed by atoms with van der Waals surface area (Å²) in [6.45, 7) is 3.90. The van der Waals surface area contributed by atoms with Gasteiger partial charge in [-0.3, -0.25) is 9.78 Å². The Morgan fingerprint density at radius 2 is 1.76 bits per heavy atom. The number of anilines is 2. The topological polar surface area (TPSA) is 145 Å². The fraction of sp³-hybridized carbons (Fsp3) is 0.111. The fourth-order valence-corrected chi connectivity index (χ4v) is 3.95. The molecule has 10 heteroatoms. The molecule has 0 saturated carbocycles. The number of amides is 1. The van der Waals surface area contributed by atoms with E-state index in [2.05, 4.69) is 31.3 Å². The summed E-state index contributed by atoms with van der Waals surface area (Å²) in [5.74, 6) is 0.735. The number of rotatable bonds is 6. The molecule has 0 radical (unpaired) electrons. The van der Waals surface area contributed by atoms with Crippen LogP contribution in [0.5, 0.6) is 11.6 Å². The fourth-order valence-electron chi connectivity index (χ4n) is 3.95. The van der Waals surface area contributed by atoms with Gasteiger partial charge in [-0.2, -0.15) is 15.2 Å². The van der Waals surface area contributed by atoms with Crippen LogP contribution in [0.4, 0.5) is 11.6 Å². The molecule has 3 N–H and O–H groups in total. The molecule has 10 nitrogen and oxygen atoms in total. The average Bonchev–Trinajstić information content (AvgIpc) is 3.27. The molecule has 0 atom stereocenters. The molecule has 182 valence electrons. The molecule has 5 rings (SSSR count). The zero-order valence-electron chi connectivity index (χ0n) is 20.4. The van der Waals surface area contributed by atoms with Crippen molar-refractivity contribution in [1.82, 2.24) is 24.5 Å². The number of fused-ring (bicyclic) bond motifs is 1. The van der Waals surface area contributed by atoms with Crippen molar-refractivity contribution in [3.05, 3.63) is 83.4 Å². The van der Waals surface area contributed by atoms with Gasteiger partial charge in [-0.25, -0.2) is 4.98 Å². The summed E-state index contributed by atoms with van der Waals surface area (Å²) in [6, 6.07) is 16.5. The molecule has 3 heterocycles. The van der Waals surface area contributed by atoms with Crippen LogP contribution in [0.1, 0.15) is 27.2 Å². The van der Waals surface area contributed by atoms with Gasteiger partial charge in [0.2, 0.25) is 5.95 Å². The van der Waals surface area contributed by atoms with E-state index in [0.29, 0.717) is 34.3 Å². The number of nitrogens with one attached hydrogen (secondary N) is 1. The monoisotopic (exact) mass is 490 g/mol. The Kier molecular flexibility index (Phi) is 5.95. The SMILES string of the molecule is Cc1cc(-c2ccc(C(N)=O)nc2)cc(C)c1Oc1nc(Nc2ccc(C#N)cc2)nc2c1ncn2C. The first-order valence-corrected chi connectivity index (χ1v) is 11.3. The highest BCUT2D eigenvalue weighted by atomic mass is 16.5. The number of nitriles is 1. The van der Waals surface area contributed by atoms with Crippen LogP contribution in [-0.4, -0.2) is 30.4 Å². The Bertz CT molecular complexity index is 1660. The second-order valence-electron chi connectivity index (χ2n) is 8.53. The van der Waals surface area contributed by atoms with Crippen LogP contribution >= 0.6 is 0 Å². The second-order valence-corrected chi connectivity index (χ2v) is 8.53. The van der Waals surface area contributed by atoms with Crippen LogP contribution in [0, 0.1) is 25.2 Å². The van der Waals surface area contributed by atoms with E-state index in [1.165, 1.54) is 0 Å². The molecule has 37 heavy (non-hydrogen) atoms. The first kappa shape index (κ1) is 23.4. The molecule has 2 aromatic carbocycles. The minimum absolute atomic E-state index is 0.214. The van der Waals surface area contributed by atoms with Crippen molar-refractivity contribution < 1.29 is 9.53 Å². The van der Waals surface area contributed by atoms with E-state index in [4.69, 9.17) is 15.7 Å². The van der Waals surface area contributed by atoms with Crippen molar-refractivity contribution >= 4 is 28.7 Å². The van der Waals surface area contributed by atoms with Gasteiger partial charge in [0, 0.05) is 24.5 Å². The maximum Gasteiger partial charge on any atom is 0.267 e. The highest BCUT2D eigenvalue weighted by Crippen LogP contribution is 2.35. The number of carbonyl (C=O) groups excluding carboxylic acids is 1. The number of imidazole rings is 1. The Morgan fingerprint density at radius 1 is 1.03 bits per heavy atom. The van der Waals surface area contributed by atoms with Gasteiger partial charge in [-0.15, -0.1) is 0 Å². The quantitative estimate of drug-likeness (QED) is 0.353. The van der Waals surface area contributed by atoms with Gasteiger partial charge in [-0.1, -0.05) is 6.07 Å². The second kappa shape index (κ2) is 9.39. The van der Waals surface area contributed by atoms with Crippen molar-refractivity contribution in [3.63, 3.8) is 0 Å². The number of aryl methyl sites for hydroxylation is 3. The molecule has 0 fully saturated rings. The first-order valence-electron chi connectivity index (χ1n) is 11.3. The molecule has 0 aliphatic carbocycles. The van der Waals surface area contributed by atoms with Crippen LogP contribution < -0.4 is 15.8 Å². The number of aromatic nitrogens is 5. The number of primary amides is 1. The molecule has 5 aromatic rings. The molecule has 0 unspecified atom stereocenters. The number of carbonyl (C=O) groups is 1. The van der Waals surface area contributed by atoms with Crippen LogP contribution in [0.3, 0.4) is 0 Å². The molecular formula is C27H22N8O2. The van der Waals surface area contributed by atoms with Crippen molar-refractivity contribution in [2.75, 3.05) is 5.32 Å². The van der Waals surface area contributed by atoms with Crippen molar-refractivity contribution in [2.45, 2.75) is 13.8 Å². The summed E-state index contributed by atoms with van der Waals surface area (Å²) in [6.07, 6.45) is 3.28. The van der Waals surface area contributed by atoms with Gasteiger partial charge in [0.05, 0.1) is 18.0 Å². The van der Waals surface area contributed by atoms with E-state index >= 15 is 0 Å². The Balaban J connectivity index is 1.49. The summed E-state index contributed by atoms with van der Waals surface area (Å²) in [5.41, 5.74) is 11.5. The smallest absolute Gasteiger partial charge is 0.267 e. The van der Waals surface area contributed by atoms with E-state index in [-0.39, 0.29) is 5.69 Å². The van der Waals surface area contributed by atoms with Crippen molar-refractivity contribution in [3.8, 4) is 28.8 Å². The molecule has 1 amide bonds. The predicted molar refractivity (Wildman–Crippen MR) is 138 cm³/mol. The van der Waals surface area contributed by atoms with E-state index in [1.807, 2.05) is 39.1 Å². The van der Waals surface area contributed by atoms with Gasteiger partial charge < -0.3 is 20.4 Å². The van der Waals surface area contributed by atoms with Crippen molar-refractivity contribution in [1.29, 1.82) is 5.26 Å². The molecule has 0 spiro atoms. The summed E-state index contributed by atoms with van der Waals surface area (Å²) in [4.78, 5) is 29.1. The van der Waals surface area contributed by atoms with Crippen LogP contribution in [-0.2, 0) is 7.05 Å². The van der Waals surface area contributed by atoms with Crippen LogP contribution in [0.25, 0.3) is 22.3 Å². The zero-order valence-corrected chi connectivity index (χ0v) is 20.4. The van der Waals surface area contributed by atoms with Gasteiger partial charge >= 0.3 is 0 Å². The lowest BCUT2D eigenvalue weighted by atomic mass is 10.0. The number of ether oxygens (including phenoxy) is 1. The molecular weight excluding hydrogens is 468 g/mol. The van der Waals surface area contributed by atoms with Gasteiger partial charge in [0.1, 0.15) is 11.4 Å². The number of hydrogen-bond donors (Lipinski definition) is 2. The minimum Gasteiger partial charge on any atom is -0.436 e. The van der Waals surface area contributed by atoms with Crippen LogP contribution in [0.15, 0.2) is 61.1 Å². The predicted octanol–water partition coefficient (Wildman–Crippen LogP) is 4.55. The average molecular weight is 491 g/mol. The van der Waals surface area contributed by atoms with E-state index in [9.17, 15) is 4.79 Å². The lowest BCUT2D eigenvalue weighted by molar-refractivity contribution is 0.0995. The summed E-state index contributed by atoms with van der Waals surface area (Å²) in [7, 11) is 1.85. The third-order valence-corrected chi connectivity index (χ3v) is 5.81. The summed E-state index contributed by atoms with van der Waals surface area (Å²) >= 11 is 0. The van der Waals surface area contributed by atoms with Crippen LogP contribution in [0.2, 0.25) is 0 Å². The third kappa shape index (κ3) is 4.66. The largest absolute Gasteiger partial charge is 0.436 e. The van der Waals surface area contributed by atoms with Gasteiger partial charge in [0.15, 0.2) is 11.2 Å². The lowest BCUT2D eigenvalue weighted by Gasteiger charge is -2.15. The maximum atomic E-state index is 11.3. The van der Waals surface area contributed by atoms with E-state index in [0.717, 1.165) is 27.9 Å². The zero-order chi connectivity index (χ0) is 26.1. The Labute approximate surface area is 212 Å². The Hall–Kier alpha value is -5.30. The summed E-state index contributed by atoms with van der Waals surface area (Å²) in [5, 5.41) is 12.2. The highest BCUT2D eigenvalue weighted by molar-refractivity contribution is 5.91. The Morgan fingerprint density at radius 3 is 2.38 bits per heavy atom. The normalized spacial score (nSPS) is 10.8. The van der Waals surface area contributed by atoms with Gasteiger partial charge in [0.25, 0.3) is 11.8 Å². The minimum atomic E-state index is -0.568. The highest BCUT2D eigenvalue weighted by Gasteiger charge is 2.17. The van der Waals surface area contributed by atoms with Crippen molar-refractivity contribution in [2.24, 2.45) is 12.8 Å². The number of hydrogen-bond acceptors (Lipinski definition) is 8. The molecule has 0 aliphatic rings. The summed E-state index contributed by atoms with van der Waals surface area (Å²) < 4.78 is 8.13. The molecule has 0 aliphatic heterocycles. The van der Waals surface area contributed by atoms with Gasteiger partial charge in [-0.05, 0) is 73.0 Å². The maximum absolute atomic E-state index is 11.3.